The van der Waals surface area contributed by atoms with E-state index in [2.05, 4.69) is 26.8 Å². The van der Waals surface area contributed by atoms with Crippen molar-refractivity contribution < 1.29 is 78.4 Å². The second kappa shape index (κ2) is 22.6. The summed E-state index contributed by atoms with van der Waals surface area (Å²) in [6, 6.07) is 9.37. The first kappa shape index (κ1) is 50.5. The Balaban J connectivity index is 0.000000469. The number of nitrogens with zero attached hydrogens (tertiary/aromatic N) is 6. The van der Waals surface area contributed by atoms with Crippen LogP contribution in [0.1, 0.15) is 30.7 Å². The van der Waals surface area contributed by atoms with Crippen molar-refractivity contribution in [3.63, 3.8) is 0 Å². The Kier molecular flexibility index (Phi) is 19.4. The summed E-state index contributed by atoms with van der Waals surface area (Å²) < 4.78 is 101. The number of carboxylic acid groups (broad SMARTS) is 3. The number of piperidine rings is 1. The van der Waals surface area contributed by atoms with Crippen molar-refractivity contribution in [3.05, 3.63) is 53.0 Å². The summed E-state index contributed by atoms with van der Waals surface area (Å²) in [5.74, 6) is -6.63. The van der Waals surface area contributed by atoms with Crippen molar-refractivity contribution >= 4 is 47.2 Å². The SMILES string of the molecule is Cc1ccnc(Sc2nc(-c3ccc(Cl)cc3)c(CCC(=O)N3CCN(CC4CCN(C)CC4)CC3)o2)n1.O=C(O)C(F)(F)F.O=C(O)C(F)(F)F.O=C(O)C(F)(F)F. The van der Waals surface area contributed by atoms with Gasteiger partial charge in [0.1, 0.15) is 11.5 Å². The average Bonchev–Trinajstić information content (AvgIpc) is 3.54. The van der Waals surface area contributed by atoms with Crippen molar-refractivity contribution in [2.75, 3.05) is 52.9 Å². The van der Waals surface area contributed by atoms with E-state index in [1.165, 1.54) is 37.7 Å². The molecule has 5 rings (SSSR count). The Morgan fingerprint density at radius 3 is 1.75 bits per heavy atom. The number of aryl methyl sites for hydroxylation is 2. The van der Waals surface area contributed by atoms with E-state index in [0.717, 1.165) is 55.6 Å². The van der Waals surface area contributed by atoms with Crippen LogP contribution in [-0.4, -0.2) is 140 Å². The summed E-state index contributed by atoms with van der Waals surface area (Å²) in [6.07, 6.45) is -10.1. The van der Waals surface area contributed by atoms with E-state index in [-0.39, 0.29) is 5.91 Å². The van der Waals surface area contributed by atoms with Crippen LogP contribution in [0.2, 0.25) is 5.02 Å². The van der Waals surface area contributed by atoms with Crippen LogP contribution in [0.5, 0.6) is 0 Å². The lowest BCUT2D eigenvalue weighted by Gasteiger charge is -2.38. The molecule has 3 aromatic rings. The van der Waals surface area contributed by atoms with Crippen LogP contribution in [0, 0.1) is 12.8 Å². The Bertz CT molecular complexity index is 1780. The van der Waals surface area contributed by atoms with Crippen LogP contribution >= 0.6 is 23.4 Å². The number of carbonyl (C=O) groups excluding carboxylic acids is 1. The number of amides is 1. The topological polar surface area (TPSA) is 190 Å². The molecule has 328 valence electrons. The summed E-state index contributed by atoms with van der Waals surface area (Å²) >= 11 is 7.39. The number of halogens is 10. The van der Waals surface area contributed by atoms with Crippen LogP contribution in [0.3, 0.4) is 0 Å². The van der Waals surface area contributed by atoms with E-state index in [4.69, 9.17) is 50.7 Å². The number of oxazole rings is 1. The molecule has 3 N–H and O–H groups in total. The normalized spacial score (nSPS) is 15.4. The molecule has 1 aromatic carbocycles. The fourth-order valence-electron chi connectivity index (χ4n) is 5.10. The number of carbonyl (C=O) groups is 4. The second-order valence-corrected chi connectivity index (χ2v) is 14.0. The first-order valence-electron chi connectivity index (χ1n) is 17.1. The maximum absolute atomic E-state index is 13.1. The van der Waals surface area contributed by atoms with Gasteiger partial charge in [-0.2, -0.15) is 39.5 Å². The van der Waals surface area contributed by atoms with Gasteiger partial charge in [0, 0.05) is 79.8 Å². The first-order chi connectivity index (χ1) is 27.3. The van der Waals surface area contributed by atoms with E-state index in [1.807, 2.05) is 42.2 Å². The molecule has 4 heterocycles. The maximum Gasteiger partial charge on any atom is 0.490 e. The molecule has 59 heavy (non-hydrogen) atoms. The van der Waals surface area contributed by atoms with Gasteiger partial charge < -0.3 is 29.5 Å². The van der Waals surface area contributed by atoms with Gasteiger partial charge in [-0.05, 0) is 64.0 Å². The molecule has 0 spiro atoms. The van der Waals surface area contributed by atoms with E-state index < -0.39 is 36.4 Å². The third-order valence-electron chi connectivity index (χ3n) is 8.12. The molecular weight excluding hydrogens is 859 g/mol. The maximum atomic E-state index is 13.1. The predicted molar refractivity (Wildman–Crippen MR) is 190 cm³/mol. The van der Waals surface area contributed by atoms with E-state index >= 15 is 0 Å². The minimum Gasteiger partial charge on any atom is -0.475 e. The van der Waals surface area contributed by atoms with E-state index in [9.17, 15) is 44.3 Å². The minimum atomic E-state index is -5.08. The van der Waals surface area contributed by atoms with Crippen LogP contribution in [0.15, 0.2) is 51.3 Å². The largest absolute Gasteiger partial charge is 0.490 e. The van der Waals surface area contributed by atoms with Gasteiger partial charge in [0.25, 0.3) is 5.22 Å². The smallest absolute Gasteiger partial charge is 0.475 e. The molecule has 0 atom stereocenters. The number of hydrogen-bond acceptors (Lipinski definition) is 11. The number of aromatic nitrogens is 3. The molecule has 2 aliphatic rings. The molecular formula is C34H38ClF9N6O8S. The summed E-state index contributed by atoms with van der Waals surface area (Å²) in [5, 5.41) is 23.1. The second-order valence-electron chi connectivity index (χ2n) is 12.7. The Labute approximate surface area is 339 Å². The molecule has 0 radical (unpaired) electrons. The molecule has 2 aliphatic heterocycles. The van der Waals surface area contributed by atoms with Gasteiger partial charge in [0.15, 0.2) is 5.16 Å². The predicted octanol–water partition coefficient (Wildman–Crippen LogP) is 6.56. The highest BCUT2D eigenvalue weighted by atomic mass is 35.5. The average molecular weight is 897 g/mol. The Morgan fingerprint density at radius 2 is 1.29 bits per heavy atom. The molecule has 2 fully saturated rings. The molecule has 0 saturated carbocycles. The van der Waals surface area contributed by atoms with Crippen LogP contribution in [0.25, 0.3) is 11.3 Å². The summed E-state index contributed by atoms with van der Waals surface area (Å²) in [7, 11) is 2.20. The Morgan fingerprint density at radius 1 is 0.797 bits per heavy atom. The number of carboxylic acids is 3. The van der Waals surface area contributed by atoms with Crippen LogP contribution < -0.4 is 0 Å². The third-order valence-corrected chi connectivity index (χ3v) is 9.10. The first-order valence-corrected chi connectivity index (χ1v) is 18.3. The lowest BCUT2D eigenvalue weighted by molar-refractivity contribution is -0.193. The van der Waals surface area contributed by atoms with Crippen LogP contribution in [0.4, 0.5) is 39.5 Å². The molecule has 14 nitrogen and oxygen atoms in total. The molecule has 1 amide bonds. The number of likely N-dealkylation sites (tertiary alicyclic amines) is 1. The molecule has 2 saturated heterocycles. The van der Waals surface area contributed by atoms with Crippen molar-refractivity contribution in [2.24, 2.45) is 5.92 Å². The molecule has 0 aliphatic carbocycles. The summed E-state index contributed by atoms with van der Waals surface area (Å²) in [5.41, 5.74) is 2.51. The zero-order valence-corrected chi connectivity index (χ0v) is 32.6. The number of hydrogen-bond donors (Lipinski definition) is 3. The minimum absolute atomic E-state index is 0.165. The highest BCUT2D eigenvalue weighted by Crippen LogP contribution is 2.33. The third kappa shape index (κ3) is 18.8. The van der Waals surface area contributed by atoms with Crippen molar-refractivity contribution in [1.82, 2.24) is 29.7 Å². The molecule has 0 unspecified atom stereocenters. The van der Waals surface area contributed by atoms with Gasteiger partial charge >= 0.3 is 36.4 Å². The van der Waals surface area contributed by atoms with Gasteiger partial charge in [0.05, 0.1) is 0 Å². The highest BCUT2D eigenvalue weighted by Gasteiger charge is 2.39. The lowest BCUT2D eigenvalue weighted by atomic mass is 9.96. The van der Waals surface area contributed by atoms with Crippen molar-refractivity contribution in [2.45, 2.75) is 61.5 Å². The summed E-state index contributed by atoms with van der Waals surface area (Å²) in [6.45, 7) is 8.95. The number of piperazine rings is 1. The Hall–Kier alpha value is -4.68. The van der Waals surface area contributed by atoms with E-state index in [1.54, 1.807) is 6.20 Å². The zero-order valence-electron chi connectivity index (χ0n) is 31.1. The van der Waals surface area contributed by atoms with Gasteiger partial charge in [-0.3, -0.25) is 9.69 Å². The highest BCUT2D eigenvalue weighted by molar-refractivity contribution is 7.98. The zero-order chi connectivity index (χ0) is 44.7. The number of benzene rings is 1. The number of aliphatic carboxylic acids is 3. The van der Waals surface area contributed by atoms with Crippen molar-refractivity contribution in [1.29, 1.82) is 0 Å². The van der Waals surface area contributed by atoms with Gasteiger partial charge in [-0.15, -0.1) is 0 Å². The fraction of sp³-hybridized carbons (Fsp3) is 0.500. The monoisotopic (exact) mass is 896 g/mol. The summed E-state index contributed by atoms with van der Waals surface area (Å²) in [4.78, 5) is 60.2. The molecule has 2 aromatic heterocycles. The van der Waals surface area contributed by atoms with E-state index in [0.29, 0.717) is 34.0 Å². The lowest BCUT2D eigenvalue weighted by Crippen LogP contribution is -2.50. The van der Waals surface area contributed by atoms with Crippen molar-refractivity contribution in [3.8, 4) is 11.3 Å². The standard InChI is InChI=1S/C28H35ClN6O2S.3C2HF3O2/c1-20-9-12-30-27(31-20)38-28-32-26(22-3-5-23(29)6-4-22)24(37-28)7-8-25(36)35-17-15-34(16-18-35)19-21-10-13-33(2)14-11-21;3*3-2(4,5)1(6)7/h3-6,9,12,21H,7-8,10-11,13-19H2,1-2H3;3*(H,6,7). The molecule has 0 bridgehead atoms. The van der Waals surface area contributed by atoms with Gasteiger partial charge in [0.2, 0.25) is 5.91 Å². The quantitative estimate of drug-likeness (QED) is 0.163. The van der Waals surface area contributed by atoms with Gasteiger partial charge in [-0.1, -0.05) is 23.7 Å². The number of rotatable bonds is 8. The molecule has 25 heteroatoms. The number of alkyl halides is 9. The fourth-order valence-corrected chi connectivity index (χ4v) is 5.96. The van der Waals surface area contributed by atoms with Gasteiger partial charge in [-0.25, -0.2) is 29.3 Å². The van der Waals surface area contributed by atoms with Crippen LogP contribution in [-0.2, 0) is 25.6 Å².